The number of rotatable bonds is 6. The van der Waals surface area contributed by atoms with Gasteiger partial charge in [-0.3, -0.25) is 14.9 Å². The molecule has 7 heteroatoms. The molecule has 0 bridgehead atoms. The number of carboxylic acids is 1. The van der Waals surface area contributed by atoms with E-state index in [0.29, 0.717) is 17.9 Å². The van der Waals surface area contributed by atoms with E-state index in [9.17, 15) is 14.4 Å². The molecule has 0 heterocycles. The summed E-state index contributed by atoms with van der Waals surface area (Å²) in [5.74, 6) is -1.06. The summed E-state index contributed by atoms with van der Waals surface area (Å²) in [7, 11) is 0. The summed E-state index contributed by atoms with van der Waals surface area (Å²) >= 11 is 0. The predicted octanol–water partition coefficient (Wildman–Crippen LogP) is 0.538. The Balaban J connectivity index is 2.39. The quantitative estimate of drug-likeness (QED) is 0.705. The second kappa shape index (κ2) is 7.78. The average molecular weight is 280 g/mol. The highest BCUT2D eigenvalue weighted by molar-refractivity contribution is 5.94. The van der Waals surface area contributed by atoms with Gasteiger partial charge in [0.25, 0.3) is 5.91 Å². The lowest BCUT2D eigenvalue weighted by Gasteiger charge is -2.07. The van der Waals surface area contributed by atoms with E-state index < -0.39 is 17.9 Å². The summed E-state index contributed by atoms with van der Waals surface area (Å²) in [5.41, 5.74) is 0.636. The molecule has 0 saturated carbocycles. The number of nitrogens with one attached hydrogen (secondary N) is 2. The number of urea groups is 1. The maximum Gasteiger partial charge on any atom is 0.321 e. The van der Waals surface area contributed by atoms with Gasteiger partial charge in [-0.2, -0.15) is 0 Å². The van der Waals surface area contributed by atoms with E-state index in [-0.39, 0.29) is 13.0 Å². The van der Waals surface area contributed by atoms with Crippen LogP contribution in [0.3, 0.4) is 0 Å². The van der Waals surface area contributed by atoms with Crippen LogP contribution in [0.25, 0.3) is 0 Å². The lowest BCUT2D eigenvalue weighted by atomic mass is 10.1. The molecule has 0 aliphatic heterocycles. The van der Waals surface area contributed by atoms with Gasteiger partial charge in [-0.1, -0.05) is 12.1 Å². The van der Waals surface area contributed by atoms with E-state index in [1.807, 2.05) is 0 Å². The topological polar surface area (TPSA) is 105 Å². The summed E-state index contributed by atoms with van der Waals surface area (Å²) in [5, 5.41) is 13.1. The standard InChI is InChI=1S/C13H16N2O5/c1-2-14-13(19)15-11(16)8-20-10-5-3-9(4-6-10)7-12(17)18/h3-6H,2,7-8H2,1H3,(H,17,18)(H2,14,15,16,19). The zero-order valence-electron chi connectivity index (χ0n) is 11.0. The normalized spacial score (nSPS) is 9.65. The number of benzene rings is 1. The molecule has 7 nitrogen and oxygen atoms in total. The van der Waals surface area contributed by atoms with Crippen LogP contribution in [0, 0.1) is 0 Å². The summed E-state index contributed by atoms with van der Waals surface area (Å²) < 4.78 is 5.17. The molecule has 3 amide bonds. The van der Waals surface area contributed by atoms with E-state index in [2.05, 4.69) is 10.6 Å². The van der Waals surface area contributed by atoms with Gasteiger partial charge in [-0.15, -0.1) is 0 Å². The number of hydrogen-bond donors (Lipinski definition) is 3. The molecule has 0 saturated heterocycles. The van der Waals surface area contributed by atoms with Crippen LogP contribution in [0.2, 0.25) is 0 Å². The minimum atomic E-state index is -0.917. The fraction of sp³-hybridized carbons (Fsp3) is 0.308. The number of carbonyl (C=O) groups is 3. The van der Waals surface area contributed by atoms with Crippen LogP contribution in [-0.4, -0.2) is 36.2 Å². The number of hydrogen-bond acceptors (Lipinski definition) is 4. The highest BCUT2D eigenvalue weighted by Crippen LogP contribution is 2.12. The zero-order chi connectivity index (χ0) is 15.0. The van der Waals surface area contributed by atoms with Gasteiger partial charge in [0.2, 0.25) is 0 Å². The second-order valence-corrected chi connectivity index (χ2v) is 3.91. The number of carboxylic acid groups (broad SMARTS) is 1. The van der Waals surface area contributed by atoms with E-state index in [0.717, 1.165) is 0 Å². The smallest absolute Gasteiger partial charge is 0.321 e. The Morgan fingerprint density at radius 1 is 1.20 bits per heavy atom. The molecule has 1 aromatic rings. The van der Waals surface area contributed by atoms with E-state index in [4.69, 9.17) is 9.84 Å². The zero-order valence-corrected chi connectivity index (χ0v) is 11.0. The first kappa shape index (κ1) is 15.5. The monoisotopic (exact) mass is 280 g/mol. The molecule has 0 aromatic heterocycles. The molecular formula is C13H16N2O5. The molecular weight excluding hydrogens is 264 g/mol. The van der Waals surface area contributed by atoms with Crippen LogP contribution in [0.15, 0.2) is 24.3 Å². The molecule has 0 aliphatic carbocycles. The second-order valence-electron chi connectivity index (χ2n) is 3.91. The van der Waals surface area contributed by atoms with Crippen molar-refractivity contribution in [3.05, 3.63) is 29.8 Å². The first-order chi connectivity index (χ1) is 9.51. The van der Waals surface area contributed by atoms with Gasteiger partial charge in [0.05, 0.1) is 6.42 Å². The number of carbonyl (C=O) groups excluding carboxylic acids is 2. The number of imide groups is 1. The third-order valence-electron chi connectivity index (χ3n) is 2.24. The predicted molar refractivity (Wildman–Crippen MR) is 70.5 cm³/mol. The Labute approximate surface area is 115 Å². The Morgan fingerprint density at radius 3 is 2.40 bits per heavy atom. The van der Waals surface area contributed by atoms with Crippen molar-refractivity contribution in [2.24, 2.45) is 0 Å². The minimum Gasteiger partial charge on any atom is -0.484 e. The summed E-state index contributed by atoms with van der Waals surface area (Å²) in [4.78, 5) is 32.9. The van der Waals surface area contributed by atoms with Crippen LogP contribution in [-0.2, 0) is 16.0 Å². The third-order valence-corrected chi connectivity index (χ3v) is 2.24. The molecule has 0 unspecified atom stereocenters. The molecule has 0 fully saturated rings. The minimum absolute atomic E-state index is 0.0715. The van der Waals surface area contributed by atoms with Crippen molar-refractivity contribution >= 4 is 17.9 Å². The van der Waals surface area contributed by atoms with Gasteiger partial charge >= 0.3 is 12.0 Å². The SMILES string of the molecule is CCNC(=O)NC(=O)COc1ccc(CC(=O)O)cc1. The fourth-order valence-corrected chi connectivity index (χ4v) is 1.39. The van der Waals surface area contributed by atoms with Gasteiger partial charge < -0.3 is 15.2 Å². The summed E-state index contributed by atoms with van der Waals surface area (Å²) in [6.45, 7) is 1.86. The van der Waals surface area contributed by atoms with Crippen molar-refractivity contribution in [3.8, 4) is 5.75 Å². The Kier molecular flexibility index (Phi) is 6.02. The third kappa shape index (κ3) is 5.85. The molecule has 1 rings (SSSR count). The first-order valence-corrected chi connectivity index (χ1v) is 6.02. The lowest BCUT2D eigenvalue weighted by Crippen LogP contribution is -2.41. The van der Waals surface area contributed by atoms with Crippen LogP contribution in [0.1, 0.15) is 12.5 Å². The maximum atomic E-state index is 11.3. The Bertz CT molecular complexity index is 484. The molecule has 0 aliphatic rings. The molecule has 3 N–H and O–H groups in total. The number of ether oxygens (including phenoxy) is 1. The van der Waals surface area contributed by atoms with Crippen molar-refractivity contribution in [1.82, 2.24) is 10.6 Å². The fourth-order valence-electron chi connectivity index (χ4n) is 1.39. The van der Waals surface area contributed by atoms with Crippen LogP contribution in [0.4, 0.5) is 4.79 Å². The first-order valence-electron chi connectivity index (χ1n) is 6.02. The molecule has 1 aromatic carbocycles. The summed E-state index contributed by atoms with van der Waals surface area (Å²) in [6, 6.07) is 5.77. The van der Waals surface area contributed by atoms with Crippen molar-refractivity contribution in [2.45, 2.75) is 13.3 Å². The van der Waals surface area contributed by atoms with Crippen molar-refractivity contribution in [1.29, 1.82) is 0 Å². The molecule has 0 radical (unpaired) electrons. The summed E-state index contributed by atoms with van der Waals surface area (Å²) in [6.07, 6.45) is -0.0715. The molecule has 20 heavy (non-hydrogen) atoms. The van der Waals surface area contributed by atoms with Gasteiger partial charge in [-0.25, -0.2) is 4.79 Å². The van der Waals surface area contributed by atoms with E-state index in [1.54, 1.807) is 31.2 Å². The number of amides is 3. The lowest BCUT2D eigenvalue weighted by molar-refractivity contribution is -0.136. The molecule has 0 atom stereocenters. The van der Waals surface area contributed by atoms with E-state index >= 15 is 0 Å². The average Bonchev–Trinajstić information content (AvgIpc) is 2.37. The van der Waals surface area contributed by atoms with Crippen LogP contribution >= 0.6 is 0 Å². The molecule has 0 spiro atoms. The van der Waals surface area contributed by atoms with Crippen molar-refractivity contribution < 1.29 is 24.2 Å². The van der Waals surface area contributed by atoms with Crippen LogP contribution < -0.4 is 15.4 Å². The largest absolute Gasteiger partial charge is 0.484 e. The van der Waals surface area contributed by atoms with Crippen molar-refractivity contribution in [2.75, 3.05) is 13.2 Å². The van der Waals surface area contributed by atoms with E-state index in [1.165, 1.54) is 0 Å². The van der Waals surface area contributed by atoms with Crippen molar-refractivity contribution in [3.63, 3.8) is 0 Å². The molecule has 108 valence electrons. The van der Waals surface area contributed by atoms with Gasteiger partial charge in [0.15, 0.2) is 6.61 Å². The number of aliphatic carboxylic acids is 1. The van der Waals surface area contributed by atoms with Crippen LogP contribution in [0.5, 0.6) is 5.75 Å². The van der Waals surface area contributed by atoms with Gasteiger partial charge in [-0.05, 0) is 24.6 Å². The Morgan fingerprint density at radius 2 is 1.85 bits per heavy atom. The highest BCUT2D eigenvalue weighted by Gasteiger charge is 2.07. The van der Waals surface area contributed by atoms with Gasteiger partial charge in [0.1, 0.15) is 5.75 Å². The highest BCUT2D eigenvalue weighted by atomic mass is 16.5. The maximum absolute atomic E-state index is 11.3. The van der Waals surface area contributed by atoms with Gasteiger partial charge in [0, 0.05) is 6.54 Å². The Hall–Kier alpha value is -2.57.